The van der Waals surface area contributed by atoms with Gasteiger partial charge in [-0.1, -0.05) is 42.2 Å². The largest absolute Gasteiger partial charge is 0.573 e. The summed E-state index contributed by atoms with van der Waals surface area (Å²) in [6.45, 7) is 0.134. The molecule has 0 unspecified atom stereocenters. The summed E-state index contributed by atoms with van der Waals surface area (Å²) < 4.78 is 41.5. The van der Waals surface area contributed by atoms with E-state index in [4.69, 9.17) is 17.3 Å². The summed E-state index contributed by atoms with van der Waals surface area (Å²) in [4.78, 5) is 24.3. The molecule has 0 atom stereocenters. The fourth-order valence-electron chi connectivity index (χ4n) is 2.04. The van der Waals surface area contributed by atoms with Crippen molar-refractivity contribution in [3.8, 4) is 5.75 Å². The first kappa shape index (κ1) is 19.3. The van der Waals surface area contributed by atoms with Crippen molar-refractivity contribution in [1.82, 2.24) is 4.90 Å². The average Bonchev–Trinajstić information content (AvgIpc) is 2.75. The van der Waals surface area contributed by atoms with E-state index in [0.717, 1.165) is 17.8 Å². The molecule has 25 heavy (non-hydrogen) atoms. The molecule has 5 nitrogen and oxygen atoms in total. The van der Waals surface area contributed by atoms with E-state index in [2.05, 4.69) is 4.74 Å². The molecule has 1 aromatic rings. The van der Waals surface area contributed by atoms with Crippen LogP contribution in [-0.4, -0.2) is 39.1 Å². The van der Waals surface area contributed by atoms with Crippen LogP contribution in [0.15, 0.2) is 29.2 Å². The summed E-state index contributed by atoms with van der Waals surface area (Å²) in [5.41, 5.74) is 0.0888. The van der Waals surface area contributed by atoms with Crippen LogP contribution in [0.1, 0.15) is 18.4 Å². The van der Waals surface area contributed by atoms with E-state index in [9.17, 15) is 22.8 Å². The van der Waals surface area contributed by atoms with Gasteiger partial charge < -0.3 is 9.84 Å². The number of aliphatic carboxylic acids is 1. The summed E-state index contributed by atoms with van der Waals surface area (Å²) in [5, 5.41) is 8.63. The van der Waals surface area contributed by atoms with Crippen molar-refractivity contribution in [2.75, 3.05) is 6.54 Å². The van der Waals surface area contributed by atoms with Gasteiger partial charge in [-0.2, -0.15) is 0 Å². The van der Waals surface area contributed by atoms with Crippen LogP contribution in [0.5, 0.6) is 5.75 Å². The number of carboxylic acids is 1. The number of carbonyl (C=O) groups is 2. The molecule has 1 aliphatic rings. The fraction of sp³-hybridized carbons (Fsp3) is 0.267. The third-order valence-corrected chi connectivity index (χ3v) is 4.46. The molecule has 1 N–H and O–H groups in total. The van der Waals surface area contributed by atoms with Gasteiger partial charge in [0.15, 0.2) is 0 Å². The highest BCUT2D eigenvalue weighted by atomic mass is 32.2. The zero-order valence-electron chi connectivity index (χ0n) is 12.6. The first-order chi connectivity index (χ1) is 11.7. The molecule has 1 heterocycles. The molecular weight excluding hydrogens is 379 g/mol. The second-order valence-corrected chi connectivity index (χ2v) is 6.59. The van der Waals surface area contributed by atoms with Gasteiger partial charge in [-0.05, 0) is 18.6 Å². The Morgan fingerprint density at radius 2 is 2.04 bits per heavy atom. The molecular formula is C15H12F3NO4S2. The number of hydrogen-bond donors (Lipinski definition) is 1. The Morgan fingerprint density at radius 3 is 2.68 bits per heavy atom. The number of para-hydroxylation sites is 1. The van der Waals surface area contributed by atoms with Crippen LogP contribution in [-0.2, 0) is 9.59 Å². The van der Waals surface area contributed by atoms with Crippen LogP contribution in [0.2, 0.25) is 0 Å². The minimum atomic E-state index is -4.85. The Labute approximate surface area is 150 Å². The lowest BCUT2D eigenvalue weighted by Crippen LogP contribution is -2.29. The molecule has 1 amide bonds. The molecule has 0 radical (unpaired) electrons. The van der Waals surface area contributed by atoms with Gasteiger partial charge in [-0.15, -0.1) is 13.2 Å². The smallest absolute Gasteiger partial charge is 0.481 e. The van der Waals surface area contributed by atoms with Gasteiger partial charge in [-0.3, -0.25) is 14.5 Å². The number of thiocarbonyl (C=S) groups is 1. The maximum Gasteiger partial charge on any atom is 0.573 e. The molecule has 1 fully saturated rings. The van der Waals surface area contributed by atoms with E-state index < -0.39 is 24.0 Å². The van der Waals surface area contributed by atoms with Gasteiger partial charge in [0.25, 0.3) is 5.91 Å². The van der Waals surface area contributed by atoms with Crippen LogP contribution in [0.4, 0.5) is 13.2 Å². The molecule has 0 aliphatic carbocycles. The van der Waals surface area contributed by atoms with E-state index in [-0.39, 0.29) is 34.2 Å². The van der Waals surface area contributed by atoms with E-state index in [1.165, 1.54) is 29.2 Å². The molecule has 134 valence electrons. The number of amides is 1. The van der Waals surface area contributed by atoms with Gasteiger partial charge in [0.1, 0.15) is 10.1 Å². The van der Waals surface area contributed by atoms with Gasteiger partial charge >= 0.3 is 12.3 Å². The Hall–Kier alpha value is -2.07. The molecule has 0 aromatic heterocycles. The lowest BCUT2D eigenvalue weighted by molar-refractivity contribution is -0.274. The first-order valence-electron chi connectivity index (χ1n) is 6.99. The van der Waals surface area contributed by atoms with E-state index in [0.29, 0.717) is 0 Å². The Bertz CT molecular complexity index is 734. The van der Waals surface area contributed by atoms with Crippen molar-refractivity contribution >= 4 is 46.3 Å². The van der Waals surface area contributed by atoms with Crippen molar-refractivity contribution in [2.24, 2.45) is 0 Å². The highest BCUT2D eigenvalue weighted by Crippen LogP contribution is 2.35. The van der Waals surface area contributed by atoms with Gasteiger partial charge in [0, 0.05) is 18.5 Å². The summed E-state index contributed by atoms with van der Waals surface area (Å²) in [5.74, 6) is -1.88. The minimum Gasteiger partial charge on any atom is -0.481 e. The summed E-state index contributed by atoms with van der Waals surface area (Å²) in [6, 6.07) is 5.43. The minimum absolute atomic E-state index is 0.0888. The van der Waals surface area contributed by atoms with Crippen molar-refractivity contribution in [2.45, 2.75) is 19.2 Å². The maximum atomic E-state index is 12.4. The predicted molar refractivity (Wildman–Crippen MR) is 89.9 cm³/mol. The first-order valence-corrected chi connectivity index (χ1v) is 8.22. The molecule has 1 aliphatic heterocycles. The number of benzene rings is 1. The quantitative estimate of drug-likeness (QED) is 0.590. The predicted octanol–water partition coefficient (Wildman–Crippen LogP) is 3.65. The molecule has 0 spiro atoms. The lowest BCUT2D eigenvalue weighted by atomic mass is 10.2. The van der Waals surface area contributed by atoms with Crippen molar-refractivity contribution in [1.29, 1.82) is 0 Å². The van der Waals surface area contributed by atoms with E-state index in [1.54, 1.807) is 0 Å². The van der Waals surface area contributed by atoms with Crippen LogP contribution in [0.25, 0.3) is 6.08 Å². The lowest BCUT2D eigenvalue weighted by Gasteiger charge is -2.13. The van der Waals surface area contributed by atoms with Gasteiger partial charge in [-0.25, -0.2) is 0 Å². The van der Waals surface area contributed by atoms with Crippen LogP contribution >= 0.6 is 24.0 Å². The van der Waals surface area contributed by atoms with Crippen LogP contribution in [0.3, 0.4) is 0 Å². The zero-order chi connectivity index (χ0) is 18.6. The van der Waals surface area contributed by atoms with Crippen molar-refractivity contribution in [3.05, 3.63) is 34.7 Å². The molecule has 0 bridgehead atoms. The van der Waals surface area contributed by atoms with E-state index in [1.807, 2.05) is 0 Å². The number of rotatable bonds is 6. The number of carbonyl (C=O) groups excluding carboxylic acids is 1. The number of halogens is 3. The fourth-order valence-corrected chi connectivity index (χ4v) is 3.34. The Morgan fingerprint density at radius 1 is 1.36 bits per heavy atom. The molecule has 0 saturated carbocycles. The SMILES string of the molecule is O=C(O)CCCN1C(=O)C(=Cc2ccccc2OC(F)(F)F)SC1=S. The summed E-state index contributed by atoms with van der Waals surface area (Å²) in [7, 11) is 0. The zero-order valence-corrected chi connectivity index (χ0v) is 14.2. The van der Waals surface area contributed by atoms with Crippen LogP contribution < -0.4 is 4.74 Å². The second-order valence-electron chi connectivity index (χ2n) is 4.92. The maximum absolute atomic E-state index is 12.4. The number of alkyl halides is 3. The monoisotopic (exact) mass is 391 g/mol. The second kappa shape index (κ2) is 7.87. The molecule has 10 heteroatoms. The number of hydrogen-bond acceptors (Lipinski definition) is 5. The Balaban J connectivity index is 2.18. The summed E-state index contributed by atoms with van der Waals surface area (Å²) >= 11 is 6.03. The summed E-state index contributed by atoms with van der Waals surface area (Å²) in [6.07, 6.45) is -3.46. The third-order valence-electron chi connectivity index (χ3n) is 3.08. The molecule has 2 rings (SSSR count). The highest BCUT2D eigenvalue weighted by Gasteiger charge is 2.34. The number of carboxylic acid groups (broad SMARTS) is 1. The van der Waals surface area contributed by atoms with Gasteiger partial charge in [0.2, 0.25) is 0 Å². The topological polar surface area (TPSA) is 66.8 Å². The average molecular weight is 391 g/mol. The number of nitrogens with zero attached hydrogens (tertiary/aromatic N) is 1. The van der Waals surface area contributed by atoms with Gasteiger partial charge in [0.05, 0.1) is 4.91 Å². The molecule has 1 aromatic carbocycles. The highest BCUT2D eigenvalue weighted by molar-refractivity contribution is 8.26. The number of ether oxygens (including phenoxy) is 1. The van der Waals surface area contributed by atoms with Crippen molar-refractivity contribution in [3.63, 3.8) is 0 Å². The Kier molecular flexibility index (Phi) is 6.07. The van der Waals surface area contributed by atoms with Crippen LogP contribution in [0, 0.1) is 0 Å². The van der Waals surface area contributed by atoms with E-state index >= 15 is 0 Å². The standard InChI is InChI=1S/C15H12F3NO4S2/c16-15(17,18)23-10-5-2-1-4-9(10)8-11-13(22)19(14(24)25-11)7-3-6-12(20)21/h1-2,4-5,8H,3,6-7H2,(H,20,21). The normalized spacial score (nSPS) is 16.6. The third kappa shape index (κ3) is 5.46. The number of thioether (sulfide) groups is 1. The molecule has 1 saturated heterocycles. The van der Waals surface area contributed by atoms with Crippen molar-refractivity contribution < 1.29 is 32.6 Å².